The number of nitrogens with one attached hydrogen (secondary N) is 2. The molecule has 28 heavy (non-hydrogen) atoms. The number of primary amides is 1. The highest BCUT2D eigenvalue weighted by Crippen LogP contribution is 2.47. The van der Waals surface area contributed by atoms with E-state index in [1.165, 1.54) is 18.4 Å². The molecule has 1 amide bonds. The van der Waals surface area contributed by atoms with Crippen LogP contribution in [0.2, 0.25) is 0 Å². The summed E-state index contributed by atoms with van der Waals surface area (Å²) in [5, 5.41) is 6.80. The molecule has 0 unspecified atom stereocenters. The molecule has 1 fully saturated rings. The standard InChI is InChI=1S/C22H28N4O2/c1-2-24-21(26-16-22(11-12-22)18-8-4-3-5-9-18)25-14-17-7-6-10-19(13-17)28-15-20(23)27/h3-10,13H,2,11-12,14-16H2,1H3,(H2,23,27)(H2,24,25,26). The number of amides is 1. The van der Waals surface area contributed by atoms with Crippen LogP contribution in [-0.4, -0.2) is 31.6 Å². The van der Waals surface area contributed by atoms with Crippen molar-refractivity contribution >= 4 is 11.9 Å². The van der Waals surface area contributed by atoms with Gasteiger partial charge < -0.3 is 21.1 Å². The first kappa shape index (κ1) is 19.7. The zero-order valence-electron chi connectivity index (χ0n) is 16.3. The van der Waals surface area contributed by atoms with Crippen molar-refractivity contribution in [1.82, 2.24) is 10.6 Å². The van der Waals surface area contributed by atoms with Gasteiger partial charge in [-0.1, -0.05) is 42.5 Å². The Morgan fingerprint density at radius 1 is 1.14 bits per heavy atom. The fourth-order valence-electron chi connectivity index (χ4n) is 3.16. The summed E-state index contributed by atoms with van der Waals surface area (Å²) in [7, 11) is 0. The Labute approximate surface area is 166 Å². The molecule has 0 aromatic heterocycles. The van der Waals surface area contributed by atoms with E-state index in [1.54, 1.807) is 6.07 Å². The molecule has 2 aromatic rings. The summed E-state index contributed by atoms with van der Waals surface area (Å²) >= 11 is 0. The number of carbonyl (C=O) groups excluding carboxylic acids is 1. The third-order valence-electron chi connectivity index (χ3n) is 4.88. The van der Waals surface area contributed by atoms with Gasteiger partial charge in [0, 0.05) is 18.5 Å². The zero-order valence-corrected chi connectivity index (χ0v) is 16.3. The van der Waals surface area contributed by atoms with Gasteiger partial charge in [-0.2, -0.15) is 0 Å². The lowest BCUT2D eigenvalue weighted by atomic mass is 9.96. The van der Waals surface area contributed by atoms with Crippen molar-refractivity contribution < 1.29 is 9.53 Å². The van der Waals surface area contributed by atoms with Gasteiger partial charge in [-0.15, -0.1) is 0 Å². The molecule has 1 aliphatic rings. The van der Waals surface area contributed by atoms with Crippen molar-refractivity contribution in [2.75, 3.05) is 19.7 Å². The Balaban J connectivity index is 1.60. The number of nitrogens with zero attached hydrogens (tertiary/aromatic N) is 1. The van der Waals surface area contributed by atoms with Crippen molar-refractivity contribution in [3.05, 3.63) is 65.7 Å². The molecule has 6 nitrogen and oxygen atoms in total. The number of rotatable bonds is 9. The van der Waals surface area contributed by atoms with Crippen LogP contribution in [0.25, 0.3) is 0 Å². The zero-order chi connectivity index (χ0) is 19.8. The first-order chi connectivity index (χ1) is 13.6. The van der Waals surface area contributed by atoms with E-state index in [4.69, 9.17) is 15.5 Å². The maximum Gasteiger partial charge on any atom is 0.255 e. The average Bonchev–Trinajstić information content (AvgIpc) is 3.51. The van der Waals surface area contributed by atoms with Crippen LogP contribution in [0.15, 0.2) is 59.6 Å². The topological polar surface area (TPSA) is 88.7 Å². The van der Waals surface area contributed by atoms with E-state index in [0.29, 0.717) is 12.3 Å². The summed E-state index contributed by atoms with van der Waals surface area (Å²) in [5.74, 6) is 0.924. The van der Waals surface area contributed by atoms with Gasteiger partial charge in [0.25, 0.3) is 5.91 Å². The number of carbonyl (C=O) groups is 1. The summed E-state index contributed by atoms with van der Waals surface area (Å²) < 4.78 is 5.36. The maximum atomic E-state index is 10.9. The number of ether oxygens (including phenoxy) is 1. The molecule has 0 spiro atoms. The molecule has 1 saturated carbocycles. The highest BCUT2D eigenvalue weighted by atomic mass is 16.5. The maximum absolute atomic E-state index is 10.9. The summed E-state index contributed by atoms with van der Waals surface area (Å²) in [4.78, 5) is 15.6. The third kappa shape index (κ3) is 5.49. The molecule has 0 saturated heterocycles. The molecule has 148 valence electrons. The highest BCUT2D eigenvalue weighted by Gasteiger charge is 2.43. The number of benzene rings is 2. The molecule has 0 radical (unpaired) electrons. The second-order valence-corrected chi connectivity index (χ2v) is 7.10. The van der Waals surface area contributed by atoms with Gasteiger partial charge in [-0.05, 0) is 43.0 Å². The van der Waals surface area contributed by atoms with Crippen LogP contribution in [0.3, 0.4) is 0 Å². The lowest BCUT2D eigenvalue weighted by Crippen LogP contribution is -2.41. The van der Waals surface area contributed by atoms with Crippen LogP contribution >= 0.6 is 0 Å². The Hall–Kier alpha value is -3.02. The van der Waals surface area contributed by atoms with E-state index in [9.17, 15) is 4.79 Å². The van der Waals surface area contributed by atoms with Crippen LogP contribution in [0, 0.1) is 0 Å². The van der Waals surface area contributed by atoms with Crippen LogP contribution < -0.4 is 21.1 Å². The van der Waals surface area contributed by atoms with Gasteiger partial charge in [0.1, 0.15) is 5.75 Å². The third-order valence-corrected chi connectivity index (χ3v) is 4.88. The molecule has 3 rings (SSSR count). The predicted molar refractivity (Wildman–Crippen MR) is 111 cm³/mol. The molecule has 1 aliphatic carbocycles. The Bertz CT molecular complexity index is 816. The van der Waals surface area contributed by atoms with Gasteiger partial charge >= 0.3 is 0 Å². The van der Waals surface area contributed by atoms with Gasteiger partial charge in [-0.3, -0.25) is 4.79 Å². The molecule has 0 atom stereocenters. The first-order valence-electron chi connectivity index (χ1n) is 9.69. The van der Waals surface area contributed by atoms with Crippen molar-refractivity contribution in [1.29, 1.82) is 0 Å². The van der Waals surface area contributed by atoms with Crippen molar-refractivity contribution in [2.24, 2.45) is 10.7 Å². The molecular formula is C22H28N4O2. The minimum Gasteiger partial charge on any atom is -0.484 e. The number of guanidine groups is 1. The second kappa shape index (κ2) is 9.26. The average molecular weight is 380 g/mol. The highest BCUT2D eigenvalue weighted by molar-refractivity contribution is 5.80. The van der Waals surface area contributed by atoms with Crippen molar-refractivity contribution in [3.8, 4) is 5.75 Å². The lowest BCUT2D eigenvalue weighted by molar-refractivity contribution is -0.119. The van der Waals surface area contributed by atoms with Gasteiger partial charge in [0.05, 0.1) is 6.54 Å². The molecule has 2 aromatic carbocycles. The van der Waals surface area contributed by atoms with Crippen LogP contribution in [0.1, 0.15) is 30.9 Å². The van der Waals surface area contributed by atoms with E-state index >= 15 is 0 Å². The monoisotopic (exact) mass is 380 g/mol. The number of hydrogen-bond acceptors (Lipinski definition) is 3. The van der Waals surface area contributed by atoms with E-state index in [0.717, 1.165) is 24.6 Å². The Kier molecular flexibility index (Phi) is 6.53. The van der Waals surface area contributed by atoms with Crippen molar-refractivity contribution in [2.45, 2.75) is 31.7 Å². The number of aliphatic imine (C=N–C) groups is 1. The predicted octanol–water partition coefficient (Wildman–Crippen LogP) is 2.34. The van der Waals surface area contributed by atoms with Crippen LogP contribution in [0.4, 0.5) is 0 Å². The van der Waals surface area contributed by atoms with Crippen LogP contribution in [-0.2, 0) is 16.8 Å². The van der Waals surface area contributed by atoms with Gasteiger partial charge in [0.2, 0.25) is 0 Å². The molecule has 4 N–H and O–H groups in total. The van der Waals surface area contributed by atoms with Gasteiger partial charge in [-0.25, -0.2) is 4.99 Å². The summed E-state index contributed by atoms with van der Waals surface area (Å²) in [6.07, 6.45) is 2.39. The molecule has 0 bridgehead atoms. The normalized spacial score (nSPS) is 15.0. The molecule has 0 aliphatic heterocycles. The summed E-state index contributed by atoms with van der Waals surface area (Å²) in [6.45, 7) is 4.11. The number of hydrogen-bond donors (Lipinski definition) is 3. The number of nitrogens with two attached hydrogens (primary N) is 1. The van der Waals surface area contributed by atoms with E-state index in [-0.39, 0.29) is 12.0 Å². The van der Waals surface area contributed by atoms with E-state index in [2.05, 4.69) is 47.9 Å². The first-order valence-corrected chi connectivity index (χ1v) is 9.69. The second-order valence-electron chi connectivity index (χ2n) is 7.10. The van der Waals surface area contributed by atoms with Gasteiger partial charge in [0.15, 0.2) is 12.6 Å². The molecule has 0 heterocycles. The molecular weight excluding hydrogens is 352 g/mol. The Morgan fingerprint density at radius 2 is 1.93 bits per heavy atom. The molecule has 6 heteroatoms. The largest absolute Gasteiger partial charge is 0.484 e. The SMILES string of the molecule is CCNC(=NCc1cccc(OCC(N)=O)c1)NCC1(c2ccccc2)CC1. The van der Waals surface area contributed by atoms with E-state index in [1.807, 2.05) is 18.2 Å². The summed E-state index contributed by atoms with van der Waals surface area (Å²) in [6, 6.07) is 18.2. The fourth-order valence-corrected chi connectivity index (χ4v) is 3.16. The summed E-state index contributed by atoms with van der Waals surface area (Å²) in [5.41, 5.74) is 7.74. The van der Waals surface area contributed by atoms with E-state index < -0.39 is 5.91 Å². The fraction of sp³-hybridized carbons (Fsp3) is 0.364. The Morgan fingerprint density at radius 3 is 2.61 bits per heavy atom. The van der Waals surface area contributed by atoms with Crippen molar-refractivity contribution in [3.63, 3.8) is 0 Å². The quantitative estimate of drug-likeness (QED) is 0.460. The lowest BCUT2D eigenvalue weighted by Gasteiger charge is -2.19. The smallest absolute Gasteiger partial charge is 0.255 e. The minimum absolute atomic E-state index is 0.127. The van der Waals surface area contributed by atoms with Crippen LogP contribution in [0.5, 0.6) is 5.75 Å². The minimum atomic E-state index is -0.491.